The van der Waals surface area contributed by atoms with Crippen LogP contribution in [0.5, 0.6) is 0 Å². The molecule has 0 bridgehead atoms. The number of benzene rings is 1. The van der Waals surface area contributed by atoms with E-state index in [0.29, 0.717) is 12.0 Å². The third-order valence-corrected chi connectivity index (χ3v) is 4.43. The summed E-state index contributed by atoms with van der Waals surface area (Å²) < 4.78 is 13.8. The molecule has 2 rings (SSSR count). The summed E-state index contributed by atoms with van der Waals surface area (Å²) in [5.74, 6) is -0.263. The smallest absolute Gasteiger partial charge is 0.309 e. The minimum Gasteiger partial charge on any atom is -0.481 e. The average Bonchev–Trinajstić information content (AvgIpc) is 2.62. The first kappa shape index (κ1) is 12.4. The van der Waals surface area contributed by atoms with E-state index in [1.165, 1.54) is 6.07 Å². The Morgan fingerprint density at radius 1 is 1.59 bits per heavy atom. The first-order valence-electron chi connectivity index (χ1n) is 5.56. The Hall–Kier alpha value is -1.03. The minimum absolute atomic E-state index is 0.00213. The molecule has 1 N–H and O–H groups in total. The Labute approximate surface area is 104 Å². The van der Waals surface area contributed by atoms with Gasteiger partial charge in [0.1, 0.15) is 5.82 Å². The number of thioether (sulfide) groups is 1. The van der Waals surface area contributed by atoms with E-state index in [2.05, 4.69) is 0 Å². The van der Waals surface area contributed by atoms with Gasteiger partial charge in [0.25, 0.3) is 0 Å². The fraction of sp³-hybridized carbons (Fsp3) is 0.462. The number of fused-ring (bicyclic) bond motifs is 1. The molecule has 17 heavy (non-hydrogen) atoms. The second kappa shape index (κ2) is 4.33. The van der Waals surface area contributed by atoms with E-state index < -0.39 is 11.4 Å². The van der Waals surface area contributed by atoms with Crippen LogP contribution in [0.3, 0.4) is 0 Å². The standard InChI is InChI=1S/C13H15FO2S/c1-13(2,12(15)16)6-8-7-17-10-5-3-4-9(14)11(8)10/h3-5,8H,6-7H2,1-2H3,(H,15,16). The van der Waals surface area contributed by atoms with Gasteiger partial charge in [0, 0.05) is 16.2 Å². The molecule has 0 aromatic heterocycles. The van der Waals surface area contributed by atoms with E-state index in [0.717, 1.165) is 10.6 Å². The molecule has 0 saturated heterocycles. The maximum Gasteiger partial charge on any atom is 0.309 e. The van der Waals surface area contributed by atoms with Crippen molar-refractivity contribution in [3.8, 4) is 0 Å². The fourth-order valence-electron chi connectivity index (χ4n) is 2.18. The first-order chi connectivity index (χ1) is 7.92. The molecule has 0 aliphatic carbocycles. The van der Waals surface area contributed by atoms with Crippen LogP contribution in [-0.2, 0) is 4.79 Å². The minimum atomic E-state index is -0.827. The molecular formula is C13H15FO2S. The molecular weight excluding hydrogens is 239 g/mol. The molecule has 1 aliphatic heterocycles. The zero-order valence-electron chi connectivity index (χ0n) is 9.87. The summed E-state index contributed by atoms with van der Waals surface area (Å²) in [6, 6.07) is 5.05. The molecule has 4 heteroatoms. The topological polar surface area (TPSA) is 37.3 Å². The van der Waals surface area contributed by atoms with E-state index in [1.807, 2.05) is 6.07 Å². The Balaban J connectivity index is 2.26. The van der Waals surface area contributed by atoms with Crippen molar-refractivity contribution < 1.29 is 14.3 Å². The maximum absolute atomic E-state index is 13.8. The Morgan fingerprint density at radius 3 is 2.94 bits per heavy atom. The maximum atomic E-state index is 13.8. The molecule has 1 aromatic rings. The van der Waals surface area contributed by atoms with E-state index in [-0.39, 0.29) is 11.7 Å². The molecule has 1 atom stereocenters. The van der Waals surface area contributed by atoms with Crippen LogP contribution >= 0.6 is 11.8 Å². The van der Waals surface area contributed by atoms with Crippen molar-refractivity contribution in [1.82, 2.24) is 0 Å². The van der Waals surface area contributed by atoms with Gasteiger partial charge in [0.2, 0.25) is 0 Å². The summed E-state index contributed by atoms with van der Waals surface area (Å²) in [6.45, 7) is 3.39. The Morgan fingerprint density at radius 2 is 2.29 bits per heavy atom. The second-order valence-corrected chi connectivity index (χ2v) is 6.11. The molecule has 1 heterocycles. The molecule has 0 saturated carbocycles. The van der Waals surface area contributed by atoms with Crippen LogP contribution in [-0.4, -0.2) is 16.8 Å². The SMILES string of the molecule is CC(C)(CC1CSc2cccc(F)c21)C(=O)O. The largest absolute Gasteiger partial charge is 0.481 e. The average molecular weight is 254 g/mol. The first-order valence-corrected chi connectivity index (χ1v) is 6.55. The third kappa shape index (κ3) is 2.32. The number of carboxylic acid groups (broad SMARTS) is 1. The fourth-order valence-corrected chi connectivity index (χ4v) is 3.44. The van der Waals surface area contributed by atoms with Gasteiger partial charge < -0.3 is 5.11 Å². The van der Waals surface area contributed by atoms with Crippen molar-refractivity contribution in [1.29, 1.82) is 0 Å². The molecule has 0 radical (unpaired) electrons. The lowest BCUT2D eigenvalue weighted by molar-refractivity contribution is -0.147. The summed E-state index contributed by atoms with van der Waals surface area (Å²) >= 11 is 1.61. The molecule has 1 aromatic carbocycles. The highest BCUT2D eigenvalue weighted by atomic mass is 32.2. The number of halogens is 1. The molecule has 92 valence electrons. The van der Waals surface area contributed by atoms with Crippen LogP contribution in [0, 0.1) is 11.2 Å². The van der Waals surface area contributed by atoms with E-state index in [1.54, 1.807) is 31.7 Å². The number of hydrogen-bond acceptors (Lipinski definition) is 2. The van der Waals surface area contributed by atoms with Crippen molar-refractivity contribution >= 4 is 17.7 Å². The summed E-state index contributed by atoms with van der Waals surface area (Å²) in [7, 11) is 0. The summed E-state index contributed by atoms with van der Waals surface area (Å²) in [5.41, 5.74) is -0.110. The highest BCUT2D eigenvalue weighted by molar-refractivity contribution is 7.99. The van der Waals surface area contributed by atoms with Crippen molar-refractivity contribution in [2.45, 2.75) is 31.1 Å². The van der Waals surface area contributed by atoms with Gasteiger partial charge in [-0.3, -0.25) is 4.79 Å². The Bertz CT molecular complexity index is 457. The highest BCUT2D eigenvalue weighted by Gasteiger charge is 2.35. The third-order valence-electron chi connectivity index (χ3n) is 3.20. The highest BCUT2D eigenvalue weighted by Crippen LogP contribution is 2.45. The molecule has 0 spiro atoms. The summed E-state index contributed by atoms with van der Waals surface area (Å²) in [6.07, 6.45) is 0.475. The number of aliphatic carboxylic acids is 1. The van der Waals surface area contributed by atoms with Crippen LogP contribution in [0.25, 0.3) is 0 Å². The zero-order chi connectivity index (χ0) is 12.6. The normalized spacial score (nSPS) is 19.1. The molecule has 1 unspecified atom stereocenters. The molecule has 0 amide bonds. The van der Waals surface area contributed by atoms with Gasteiger partial charge in [-0.1, -0.05) is 6.07 Å². The van der Waals surface area contributed by atoms with Gasteiger partial charge in [0.05, 0.1) is 5.41 Å². The number of carbonyl (C=O) groups is 1. The predicted molar refractivity (Wildman–Crippen MR) is 65.9 cm³/mol. The van der Waals surface area contributed by atoms with E-state index >= 15 is 0 Å². The molecule has 1 aliphatic rings. The van der Waals surface area contributed by atoms with Crippen LogP contribution in [0.2, 0.25) is 0 Å². The van der Waals surface area contributed by atoms with Crippen molar-refractivity contribution in [3.05, 3.63) is 29.6 Å². The van der Waals surface area contributed by atoms with Crippen LogP contribution < -0.4 is 0 Å². The quantitative estimate of drug-likeness (QED) is 0.896. The second-order valence-electron chi connectivity index (χ2n) is 5.05. The van der Waals surface area contributed by atoms with Crippen LogP contribution in [0.4, 0.5) is 4.39 Å². The lowest BCUT2D eigenvalue weighted by Crippen LogP contribution is -2.26. The summed E-state index contributed by atoms with van der Waals surface area (Å²) in [5, 5.41) is 9.12. The lowest BCUT2D eigenvalue weighted by Gasteiger charge is -2.23. The molecule has 0 fully saturated rings. The predicted octanol–water partition coefficient (Wildman–Crippen LogP) is 3.52. The number of carboxylic acids is 1. The van der Waals surface area contributed by atoms with Crippen molar-refractivity contribution in [2.75, 3.05) is 5.75 Å². The van der Waals surface area contributed by atoms with Gasteiger partial charge >= 0.3 is 5.97 Å². The van der Waals surface area contributed by atoms with Crippen molar-refractivity contribution in [2.24, 2.45) is 5.41 Å². The number of hydrogen-bond donors (Lipinski definition) is 1. The van der Waals surface area contributed by atoms with E-state index in [4.69, 9.17) is 5.11 Å². The zero-order valence-corrected chi connectivity index (χ0v) is 10.7. The van der Waals surface area contributed by atoms with Crippen molar-refractivity contribution in [3.63, 3.8) is 0 Å². The van der Waals surface area contributed by atoms with E-state index in [9.17, 15) is 9.18 Å². The monoisotopic (exact) mass is 254 g/mol. The van der Waals surface area contributed by atoms with Crippen LogP contribution in [0.1, 0.15) is 31.7 Å². The lowest BCUT2D eigenvalue weighted by atomic mass is 9.81. The Kier molecular flexibility index (Phi) is 3.17. The van der Waals surface area contributed by atoms with Gasteiger partial charge in [0.15, 0.2) is 0 Å². The summed E-state index contributed by atoms with van der Waals surface area (Å²) in [4.78, 5) is 12.1. The molecule has 2 nitrogen and oxygen atoms in total. The van der Waals surface area contributed by atoms with Gasteiger partial charge in [-0.05, 0) is 38.3 Å². The number of rotatable bonds is 3. The van der Waals surface area contributed by atoms with Crippen LogP contribution in [0.15, 0.2) is 23.1 Å². The van der Waals surface area contributed by atoms with Gasteiger partial charge in [-0.25, -0.2) is 4.39 Å². The van der Waals surface area contributed by atoms with Gasteiger partial charge in [-0.15, -0.1) is 11.8 Å². The van der Waals surface area contributed by atoms with Gasteiger partial charge in [-0.2, -0.15) is 0 Å².